The molecule has 0 spiro atoms. The molecule has 38 heavy (non-hydrogen) atoms. The molecular formula is C26H35ClN4O6S. The van der Waals surface area contributed by atoms with Gasteiger partial charge in [-0.2, -0.15) is 4.31 Å². The van der Waals surface area contributed by atoms with E-state index in [2.05, 4.69) is 10.6 Å². The van der Waals surface area contributed by atoms with E-state index < -0.39 is 22.1 Å². The van der Waals surface area contributed by atoms with Crippen molar-refractivity contribution < 1.29 is 27.5 Å². The van der Waals surface area contributed by atoms with Crippen LogP contribution >= 0.6 is 11.6 Å². The van der Waals surface area contributed by atoms with Gasteiger partial charge >= 0.3 is 6.03 Å². The zero-order chi connectivity index (χ0) is 28.0. The van der Waals surface area contributed by atoms with E-state index in [-0.39, 0.29) is 54.7 Å². The lowest BCUT2D eigenvalue weighted by molar-refractivity contribution is 0.0212. The second-order valence-electron chi connectivity index (χ2n) is 9.34. The van der Waals surface area contributed by atoms with Crippen molar-refractivity contribution in [3.8, 4) is 5.75 Å². The van der Waals surface area contributed by atoms with Gasteiger partial charge in [-0.3, -0.25) is 4.79 Å². The Labute approximate surface area is 229 Å². The summed E-state index contributed by atoms with van der Waals surface area (Å²) in [6.07, 6.45) is -0.385. The minimum Gasteiger partial charge on any atom is -0.491 e. The summed E-state index contributed by atoms with van der Waals surface area (Å²) in [4.78, 5) is 27.5. The Kier molecular flexibility index (Phi) is 10.00. The fourth-order valence-electron chi connectivity index (χ4n) is 4.22. The Morgan fingerprint density at radius 3 is 2.53 bits per heavy atom. The van der Waals surface area contributed by atoms with Crippen molar-refractivity contribution in [3.63, 3.8) is 0 Å². The third-order valence-electron chi connectivity index (χ3n) is 6.49. The molecule has 0 radical (unpaired) electrons. The lowest BCUT2D eigenvalue weighted by Crippen LogP contribution is -2.49. The summed E-state index contributed by atoms with van der Waals surface area (Å²) < 4.78 is 39.0. The van der Waals surface area contributed by atoms with E-state index in [0.717, 1.165) is 0 Å². The van der Waals surface area contributed by atoms with Crippen molar-refractivity contribution in [1.82, 2.24) is 9.21 Å². The van der Waals surface area contributed by atoms with Crippen LogP contribution in [0.3, 0.4) is 0 Å². The number of carbonyl (C=O) groups excluding carboxylic acids is 2. The third kappa shape index (κ3) is 7.16. The summed E-state index contributed by atoms with van der Waals surface area (Å²) in [5.41, 5.74) is 1.11. The van der Waals surface area contributed by atoms with Crippen LogP contribution in [0.5, 0.6) is 5.75 Å². The molecule has 0 saturated carbocycles. The van der Waals surface area contributed by atoms with Crippen LogP contribution in [0.2, 0.25) is 5.02 Å². The normalized spacial score (nSPS) is 21.5. The maximum absolute atomic E-state index is 13.4. The van der Waals surface area contributed by atoms with E-state index in [1.54, 1.807) is 70.5 Å². The lowest BCUT2D eigenvalue weighted by Gasteiger charge is -2.35. The number of hydrogen-bond donors (Lipinski definition) is 2. The second-order valence-corrected chi connectivity index (χ2v) is 12.0. The van der Waals surface area contributed by atoms with Crippen LogP contribution in [0, 0.1) is 5.92 Å². The molecule has 1 aliphatic rings. The van der Waals surface area contributed by atoms with E-state index >= 15 is 0 Å². The zero-order valence-corrected chi connectivity index (χ0v) is 23.8. The zero-order valence-electron chi connectivity index (χ0n) is 22.2. The second kappa shape index (κ2) is 12.8. The van der Waals surface area contributed by atoms with Crippen molar-refractivity contribution in [2.24, 2.45) is 5.92 Å². The minimum atomic E-state index is -3.54. The molecule has 12 heteroatoms. The summed E-state index contributed by atoms with van der Waals surface area (Å²) in [5, 5.41) is 5.78. The Hall–Kier alpha value is -2.86. The first-order valence-electron chi connectivity index (χ1n) is 12.3. The van der Waals surface area contributed by atoms with Crippen LogP contribution < -0.4 is 15.4 Å². The molecule has 3 atom stereocenters. The average molecular weight is 567 g/mol. The largest absolute Gasteiger partial charge is 0.491 e. The van der Waals surface area contributed by atoms with Crippen molar-refractivity contribution >= 4 is 44.9 Å². The van der Waals surface area contributed by atoms with Gasteiger partial charge in [-0.1, -0.05) is 30.7 Å². The quantitative estimate of drug-likeness (QED) is 0.562. The summed E-state index contributed by atoms with van der Waals surface area (Å²) in [6.45, 7) is 5.75. The van der Waals surface area contributed by atoms with E-state index in [1.165, 1.54) is 9.21 Å². The van der Waals surface area contributed by atoms with Gasteiger partial charge < -0.3 is 25.0 Å². The van der Waals surface area contributed by atoms with Gasteiger partial charge in [0.15, 0.2) is 0 Å². The fraction of sp³-hybridized carbons (Fsp3) is 0.462. The molecule has 2 aromatic rings. The highest BCUT2D eigenvalue weighted by Crippen LogP contribution is 2.28. The number of nitrogens with one attached hydrogen (secondary N) is 2. The van der Waals surface area contributed by atoms with E-state index in [4.69, 9.17) is 21.1 Å². The number of carbonyl (C=O) groups is 2. The number of sulfonamides is 1. The van der Waals surface area contributed by atoms with Gasteiger partial charge in [-0.15, -0.1) is 0 Å². The van der Waals surface area contributed by atoms with Gasteiger partial charge in [0.1, 0.15) is 12.4 Å². The number of fused-ring (bicyclic) bond motifs is 1. The minimum absolute atomic E-state index is 0.00284. The van der Waals surface area contributed by atoms with Crippen molar-refractivity contribution in [3.05, 3.63) is 53.1 Å². The van der Waals surface area contributed by atoms with Gasteiger partial charge in [-0.05, 0) is 44.0 Å². The molecule has 1 heterocycles. The predicted molar refractivity (Wildman–Crippen MR) is 149 cm³/mol. The van der Waals surface area contributed by atoms with E-state index in [9.17, 15) is 18.0 Å². The number of hydrogen-bond acceptors (Lipinski definition) is 6. The van der Waals surface area contributed by atoms with Crippen LogP contribution in [0.15, 0.2) is 42.5 Å². The topological polar surface area (TPSA) is 117 Å². The van der Waals surface area contributed by atoms with Crippen LogP contribution in [0.4, 0.5) is 16.2 Å². The van der Waals surface area contributed by atoms with Crippen molar-refractivity contribution in [2.45, 2.75) is 32.9 Å². The highest BCUT2D eigenvalue weighted by atomic mass is 35.5. The molecule has 0 aromatic heterocycles. The summed E-state index contributed by atoms with van der Waals surface area (Å²) in [5.74, 6) is -0.292. The Morgan fingerprint density at radius 2 is 1.87 bits per heavy atom. The molecule has 10 nitrogen and oxygen atoms in total. The van der Waals surface area contributed by atoms with Gasteiger partial charge in [0.05, 0.1) is 34.2 Å². The van der Waals surface area contributed by atoms with Gasteiger partial charge in [0.2, 0.25) is 10.0 Å². The number of ether oxygens (including phenoxy) is 2. The van der Waals surface area contributed by atoms with E-state index in [1.807, 2.05) is 6.92 Å². The van der Waals surface area contributed by atoms with Gasteiger partial charge in [-0.25, -0.2) is 13.2 Å². The number of anilines is 2. The molecule has 208 valence electrons. The van der Waals surface area contributed by atoms with Gasteiger partial charge in [0.25, 0.3) is 5.91 Å². The number of rotatable bonds is 5. The summed E-state index contributed by atoms with van der Waals surface area (Å²) in [6, 6.07) is 10.5. The molecule has 1 aliphatic heterocycles. The Balaban J connectivity index is 1.92. The Morgan fingerprint density at radius 1 is 1.16 bits per heavy atom. The molecule has 0 bridgehead atoms. The molecular weight excluding hydrogens is 532 g/mol. The van der Waals surface area contributed by atoms with Crippen molar-refractivity contribution in [2.75, 3.05) is 50.2 Å². The smallest absolute Gasteiger partial charge is 0.323 e. The van der Waals surface area contributed by atoms with E-state index in [0.29, 0.717) is 16.4 Å². The first kappa shape index (κ1) is 29.7. The number of methoxy groups -OCH3 is 1. The molecule has 0 fully saturated rings. The van der Waals surface area contributed by atoms with Crippen LogP contribution in [0.1, 0.15) is 31.1 Å². The first-order valence-corrected chi connectivity index (χ1v) is 14.3. The lowest BCUT2D eigenvalue weighted by atomic mass is 10.0. The highest BCUT2D eigenvalue weighted by Gasteiger charge is 2.33. The summed E-state index contributed by atoms with van der Waals surface area (Å²) >= 11 is 6.12. The number of nitrogens with zero attached hydrogens (tertiary/aromatic N) is 2. The molecule has 3 amide bonds. The monoisotopic (exact) mass is 566 g/mol. The Bertz CT molecular complexity index is 1260. The molecule has 2 aromatic carbocycles. The maximum atomic E-state index is 13.4. The number of amides is 3. The standard InChI is InChI=1S/C26H35ClN4O6S/c1-6-38(34,35)31-14-17(2)24(36-5)15-30(4)25(32)20-12-11-19(13-23(20)37-16-18(31)3)28-26(33)29-22-10-8-7-9-21(22)27/h7-13,17-18,24H,6,14-16H2,1-5H3,(H2,28,29,33)/t17-,18-,24-/m1/s1. The number of para-hydroxylation sites is 1. The fourth-order valence-corrected chi connectivity index (χ4v) is 5.80. The predicted octanol–water partition coefficient (Wildman–Crippen LogP) is 4.14. The number of likely N-dealkylation sites (N-methyl/N-ethyl adjacent to an activating group) is 1. The molecule has 3 rings (SSSR count). The van der Waals surface area contributed by atoms with Crippen LogP contribution in [0.25, 0.3) is 0 Å². The summed E-state index contributed by atoms with van der Waals surface area (Å²) in [7, 11) is -0.334. The SMILES string of the molecule is CCS(=O)(=O)N1C[C@@H](C)[C@H](OC)CN(C)C(=O)c2ccc(NC(=O)Nc3ccccc3Cl)cc2OC[C@H]1C. The van der Waals surface area contributed by atoms with Crippen LogP contribution in [-0.2, 0) is 14.8 Å². The van der Waals surface area contributed by atoms with Gasteiger partial charge in [0, 0.05) is 39.0 Å². The third-order valence-corrected chi connectivity index (χ3v) is 8.77. The first-order chi connectivity index (χ1) is 18.0. The molecule has 2 N–H and O–H groups in total. The average Bonchev–Trinajstić information content (AvgIpc) is 2.89. The maximum Gasteiger partial charge on any atom is 0.323 e. The number of halogens is 1. The molecule has 0 saturated heterocycles. The van der Waals surface area contributed by atoms with Crippen molar-refractivity contribution in [1.29, 1.82) is 0 Å². The molecule has 0 unspecified atom stereocenters. The highest BCUT2D eigenvalue weighted by molar-refractivity contribution is 7.89. The molecule has 0 aliphatic carbocycles. The number of benzene rings is 2. The number of urea groups is 1. The van der Waals surface area contributed by atoms with Crippen LogP contribution in [-0.4, -0.2) is 81.3 Å².